The Kier molecular flexibility index (Phi) is 4.45. The summed E-state index contributed by atoms with van der Waals surface area (Å²) in [5.41, 5.74) is 1.97. The van der Waals surface area contributed by atoms with Crippen molar-refractivity contribution >= 4 is 0 Å². The smallest absolute Gasteiger partial charge is 0.128 e. The molecule has 2 rings (SSSR count). The van der Waals surface area contributed by atoms with Crippen LogP contribution in [0.15, 0.2) is 36.4 Å². The van der Waals surface area contributed by atoms with E-state index in [-0.39, 0.29) is 17.4 Å². The van der Waals surface area contributed by atoms with Crippen molar-refractivity contribution in [2.45, 2.75) is 19.4 Å². The third-order valence-electron chi connectivity index (χ3n) is 3.41. The molecule has 1 nitrogen and oxygen atoms in total. The molecule has 2 aromatic rings. The van der Waals surface area contributed by atoms with Crippen LogP contribution in [0.2, 0.25) is 0 Å². The summed E-state index contributed by atoms with van der Waals surface area (Å²) in [6.07, 6.45) is 0.461. The molecule has 0 fully saturated rings. The molecular formula is C16H16F3N. The highest BCUT2D eigenvalue weighted by atomic mass is 19.1. The second kappa shape index (κ2) is 6.09. The van der Waals surface area contributed by atoms with Gasteiger partial charge in [-0.2, -0.15) is 0 Å². The topological polar surface area (TPSA) is 12.0 Å². The number of benzene rings is 2. The maximum atomic E-state index is 13.8. The molecule has 20 heavy (non-hydrogen) atoms. The van der Waals surface area contributed by atoms with Crippen molar-refractivity contribution < 1.29 is 13.2 Å². The fourth-order valence-electron chi connectivity index (χ4n) is 2.26. The zero-order valence-electron chi connectivity index (χ0n) is 11.4. The molecule has 0 radical (unpaired) electrons. The number of likely N-dealkylation sites (N-methyl/N-ethyl adjacent to an activating group) is 1. The van der Waals surface area contributed by atoms with Crippen molar-refractivity contribution in [3.8, 4) is 0 Å². The van der Waals surface area contributed by atoms with Gasteiger partial charge in [-0.3, -0.25) is 0 Å². The zero-order chi connectivity index (χ0) is 14.7. The van der Waals surface area contributed by atoms with E-state index in [4.69, 9.17) is 0 Å². The van der Waals surface area contributed by atoms with Crippen LogP contribution >= 0.6 is 0 Å². The Labute approximate surface area is 116 Å². The van der Waals surface area contributed by atoms with Crippen LogP contribution in [0.1, 0.15) is 22.7 Å². The lowest BCUT2D eigenvalue weighted by atomic mass is 9.95. The summed E-state index contributed by atoms with van der Waals surface area (Å²) >= 11 is 0. The monoisotopic (exact) mass is 279 g/mol. The van der Waals surface area contributed by atoms with Gasteiger partial charge in [-0.25, -0.2) is 13.2 Å². The van der Waals surface area contributed by atoms with Gasteiger partial charge in [0.2, 0.25) is 0 Å². The lowest BCUT2D eigenvalue weighted by molar-refractivity contribution is 0.522. The van der Waals surface area contributed by atoms with E-state index in [1.165, 1.54) is 18.2 Å². The summed E-state index contributed by atoms with van der Waals surface area (Å²) in [4.78, 5) is 0. The van der Waals surface area contributed by atoms with Crippen LogP contribution in [-0.4, -0.2) is 7.05 Å². The first-order valence-corrected chi connectivity index (χ1v) is 6.38. The van der Waals surface area contributed by atoms with E-state index >= 15 is 0 Å². The van der Waals surface area contributed by atoms with Gasteiger partial charge >= 0.3 is 0 Å². The highest BCUT2D eigenvalue weighted by Gasteiger charge is 2.16. The summed E-state index contributed by atoms with van der Waals surface area (Å²) in [5, 5.41) is 2.98. The van der Waals surface area contributed by atoms with Crippen molar-refractivity contribution in [2.75, 3.05) is 7.05 Å². The van der Waals surface area contributed by atoms with Crippen molar-refractivity contribution in [1.29, 1.82) is 0 Å². The van der Waals surface area contributed by atoms with Crippen LogP contribution in [0, 0.1) is 24.4 Å². The summed E-state index contributed by atoms with van der Waals surface area (Å²) in [6.45, 7) is 1.80. The van der Waals surface area contributed by atoms with Crippen LogP contribution in [0.3, 0.4) is 0 Å². The van der Waals surface area contributed by atoms with E-state index in [9.17, 15) is 13.2 Å². The number of rotatable bonds is 4. The minimum Gasteiger partial charge on any atom is -0.313 e. The van der Waals surface area contributed by atoms with Crippen LogP contribution in [0.4, 0.5) is 13.2 Å². The molecule has 0 aliphatic heterocycles. The maximum Gasteiger partial charge on any atom is 0.128 e. The van der Waals surface area contributed by atoms with E-state index in [0.29, 0.717) is 6.42 Å². The molecule has 1 unspecified atom stereocenters. The van der Waals surface area contributed by atoms with Crippen LogP contribution in [0.25, 0.3) is 0 Å². The zero-order valence-corrected chi connectivity index (χ0v) is 11.4. The van der Waals surface area contributed by atoms with Crippen molar-refractivity contribution in [2.24, 2.45) is 0 Å². The highest BCUT2D eigenvalue weighted by molar-refractivity contribution is 5.30. The van der Waals surface area contributed by atoms with Gasteiger partial charge < -0.3 is 5.32 Å². The maximum absolute atomic E-state index is 13.8. The van der Waals surface area contributed by atoms with Gasteiger partial charge in [0.15, 0.2) is 0 Å². The minimum absolute atomic E-state index is 0.274. The molecule has 4 heteroatoms. The standard InChI is InChI=1S/C16H16F3N/c1-10-7-12(17)4-3-11(10)8-16(20-2)14-9-13(18)5-6-15(14)19/h3-7,9,16,20H,8H2,1-2H3. The average molecular weight is 279 g/mol. The van der Waals surface area contributed by atoms with E-state index in [1.807, 2.05) is 0 Å². The first kappa shape index (κ1) is 14.6. The van der Waals surface area contributed by atoms with Gasteiger partial charge in [-0.05, 0) is 61.9 Å². The van der Waals surface area contributed by atoms with E-state index in [1.54, 1.807) is 20.0 Å². The Morgan fingerprint density at radius 3 is 2.30 bits per heavy atom. The predicted molar refractivity (Wildman–Crippen MR) is 73.0 cm³/mol. The normalized spacial score (nSPS) is 12.4. The second-order valence-electron chi connectivity index (χ2n) is 4.78. The average Bonchev–Trinajstić information content (AvgIpc) is 2.41. The van der Waals surface area contributed by atoms with Crippen molar-refractivity contribution in [3.05, 3.63) is 70.5 Å². The molecule has 0 aromatic heterocycles. The molecule has 0 aliphatic carbocycles. The highest BCUT2D eigenvalue weighted by Crippen LogP contribution is 2.23. The number of aryl methyl sites for hydroxylation is 1. The van der Waals surface area contributed by atoms with Crippen molar-refractivity contribution in [3.63, 3.8) is 0 Å². The lowest BCUT2D eigenvalue weighted by Gasteiger charge is -2.19. The van der Waals surface area contributed by atoms with Gasteiger partial charge in [0.1, 0.15) is 17.5 Å². The van der Waals surface area contributed by atoms with E-state index in [0.717, 1.165) is 23.3 Å². The largest absolute Gasteiger partial charge is 0.313 e. The van der Waals surface area contributed by atoms with Gasteiger partial charge in [0, 0.05) is 11.6 Å². The fraction of sp³-hybridized carbons (Fsp3) is 0.250. The quantitative estimate of drug-likeness (QED) is 0.894. The molecule has 106 valence electrons. The SMILES string of the molecule is CNC(Cc1ccc(F)cc1C)c1cc(F)ccc1F. The summed E-state index contributed by atoms with van der Waals surface area (Å²) < 4.78 is 40.2. The summed E-state index contributed by atoms with van der Waals surface area (Å²) in [5.74, 6) is -1.23. The molecular weight excluding hydrogens is 263 g/mol. The molecule has 0 amide bonds. The first-order valence-electron chi connectivity index (χ1n) is 6.38. The van der Waals surface area contributed by atoms with Crippen LogP contribution in [-0.2, 0) is 6.42 Å². The third kappa shape index (κ3) is 3.20. The molecule has 2 aromatic carbocycles. The molecule has 1 atom stereocenters. The number of hydrogen-bond donors (Lipinski definition) is 1. The van der Waals surface area contributed by atoms with Crippen LogP contribution < -0.4 is 5.32 Å². The van der Waals surface area contributed by atoms with E-state index in [2.05, 4.69) is 5.32 Å². The van der Waals surface area contributed by atoms with Gasteiger partial charge in [0.05, 0.1) is 0 Å². The second-order valence-corrected chi connectivity index (χ2v) is 4.78. The van der Waals surface area contributed by atoms with Crippen LogP contribution in [0.5, 0.6) is 0 Å². The Morgan fingerprint density at radius 1 is 1.00 bits per heavy atom. The molecule has 0 spiro atoms. The third-order valence-corrected chi connectivity index (χ3v) is 3.41. The summed E-state index contributed by atoms with van der Waals surface area (Å²) in [6, 6.07) is 7.51. The van der Waals surface area contributed by atoms with E-state index < -0.39 is 11.6 Å². The fourth-order valence-corrected chi connectivity index (χ4v) is 2.26. The lowest BCUT2D eigenvalue weighted by Crippen LogP contribution is -2.20. The molecule has 0 aliphatic rings. The number of halogens is 3. The summed E-state index contributed by atoms with van der Waals surface area (Å²) in [7, 11) is 1.69. The van der Waals surface area contributed by atoms with Gasteiger partial charge in [0.25, 0.3) is 0 Å². The Balaban J connectivity index is 2.31. The predicted octanol–water partition coefficient (Wildman–Crippen LogP) is 3.92. The van der Waals surface area contributed by atoms with Gasteiger partial charge in [-0.1, -0.05) is 6.07 Å². The minimum atomic E-state index is -0.475. The number of nitrogens with one attached hydrogen (secondary N) is 1. The van der Waals surface area contributed by atoms with Gasteiger partial charge in [-0.15, -0.1) is 0 Å². The Hall–Kier alpha value is -1.81. The Morgan fingerprint density at radius 2 is 1.65 bits per heavy atom. The first-order chi connectivity index (χ1) is 9.51. The molecule has 0 heterocycles. The molecule has 0 saturated heterocycles. The number of hydrogen-bond acceptors (Lipinski definition) is 1. The Bertz CT molecular complexity index is 611. The molecule has 0 saturated carbocycles. The van der Waals surface area contributed by atoms with Crippen molar-refractivity contribution in [1.82, 2.24) is 5.32 Å². The molecule has 0 bridgehead atoms. The molecule has 1 N–H and O–H groups in total.